The van der Waals surface area contributed by atoms with Crippen LogP contribution in [-0.2, 0) is 4.74 Å². The Labute approximate surface area is 135 Å². The zero-order valence-electron chi connectivity index (χ0n) is 11.6. The molecule has 1 saturated heterocycles. The second-order valence-electron chi connectivity index (χ2n) is 4.93. The number of thiophene rings is 1. The van der Waals surface area contributed by atoms with Gasteiger partial charge >= 0.3 is 5.69 Å². The van der Waals surface area contributed by atoms with E-state index in [0.717, 1.165) is 24.3 Å². The van der Waals surface area contributed by atoms with Crippen LogP contribution >= 0.6 is 22.9 Å². The molecule has 0 radical (unpaired) electrons. The second-order valence-corrected chi connectivity index (χ2v) is 6.65. The highest BCUT2D eigenvalue weighted by Gasteiger charge is 2.18. The van der Waals surface area contributed by atoms with Gasteiger partial charge in [-0.05, 0) is 31.0 Å². The van der Waals surface area contributed by atoms with Crippen LogP contribution in [0, 0.1) is 0 Å². The average molecular weight is 340 g/mol. The lowest BCUT2D eigenvalue weighted by Crippen LogP contribution is -2.33. The maximum Gasteiger partial charge on any atom is 0.346 e. The summed E-state index contributed by atoms with van der Waals surface area (Å²) in [4.78, 5) is 30.9. The van der Waals surface area contributed by atoms with E-state index in [-0.39, 0.29) is 17.7 Å². The maximum atomic E-state index is 12.1. The molecule has 2 aromatic heterocycles. The van der Waals surface area contributed by atoms with Crippen LogP contribution in [0.5, 0.6) is 0 Å². The van der Waals surface area contributed by atoms with Gasteiger partial charge in [0.2, 0.25) is 0 Å². The third-order valence-corrected chi connectivity index (χ3v) is 4.59. The SMILES string of the molecule is O=C(NCC1CCCO1)c1cc(-c2ccc(Cl)s2)[nH]c(=O)n1. The van der Waals surface area contributed by atoms with Crippen molar-refractivity contribution in [2.24, 2.45) is 0 Å². The molecule has 1 aliphatic heterocycles. The number of nitrogens with zero attached hydrogens (tertiary/aromatic N) is 1. The van der Waals surface area contributed by atoms with Gasteiger partial charge in [-0.3, -0.25) is 4.79 Å². The number of carbonyl (C=O) groups excluding carboxylic acids is 1. The van der Waals surface area contributed by atoms with Gasteiger partial charge in [0.05, 0.1) is 21.0 Å². The van der Waals surface area contributed by atoms with Crippen molar-refractivity contribution in [2.75, 3.05) is 13.2 Å². The topological polar surface area (TPSA) is 84.1 Å². The van der Waals surface area contributed by atoms with Gasteiger partial charge < -0.3 is 15.0 Å². The van der Waals surface area contributed by atoms with Gasteiger partial charge in [0.15, 0.2) is 0 Å². The first kappa shape index (κ1) is 15.2. The fourth-order valence-corrected chi connectivity index (χ4v) is 3.28. The Kier molecular flexibility index (Phi) is 4.56. The minimum absolute atomic E-state index is 0.0431. The highest BCUT2D eigenvalue weighted by Crippen LogP contribution is 2.29. The molecular formula is C14H14ClN3O3S. The van der Waals surface area contributed by atoms with E-state index in [1.807, 2.05) is 0 Å². The first-order chi connectivity index (χ1) is 10.6. The average Bonchev–Trinajstić information content (AvgIpc) is 3.15. The van der Waals surface area contributed by atoms with E-state index in [1.54, 1.807) is 18.2 Å². The molecule has 6 nitrogen and oxygen atoms in total. The largest absolute Gasteiger partial charge is 0.376 e. The Bertz CT molecular complexity index is 737. The summed E-state index contributed by atoms with van der Waals surface area (Å²) < 4.78 is 6.05. The van der Waals surface area contributed by atoms with Crippen molar-refractivity contribution in [1.82, 2.24) is 15.3 Å². The molecular weight excluding hydrogens is 326 g/mol. The standard InChI is InChI=1S/C14H14ClN3O3S/c15-12-4-3-11(22-12)9-6-10(18-14(20)17-9)13(19)16-7-8-2-1-5-21-8/h3-4,6,8H,1-2,5,7H2,(H,16,19)(H,17,18,20). The van der Waals surface area contributed by atoms with E-state index in [9.17, 15) is 9.59 Å². The smallest absolute Gasteiger partial charge is 0.346 e. The van der Waals surface area contributed by atoms with E-state index >= 15 is 0 Å². The Balaban J connectivity index is 1.76. The van der Waals surface area contributed by atoms with Crippen LogP contribution < -0.4 is 11.0 Å². The van der Waals surface area contributed by atoms with Crippen LogP contribution in [0.1, 0.15) is 23.3 Å². The molecule has 0 spiro atoms. The number of aromatic amines is 1. The zero-order chi connectivity index (χ0) is 15.5. The van der Waals surface area contributed by atoms with Gasteiger partial charge in [-0.25, -0.2) is 4.79 Å². The zero-order valence-corrected chi connectivity index (χ0v) is 13.2. The van der Waals surface area contributed by atoms with Gasteiger partial charge in [0, 0.05) is 13.2 Å². The number of H-pyrrole nitrogens is 1. The van der Waals surface area contributed by atoms with E-state index in [0.29, 0.717) is 16.6 Å². The minimum Gasteiger partial charge on any atom is -0.376 e. The van der Waals surface area contributed by atoms with E-state index in [4.69, 9.17) is 16.3 Å². The maximum absolute atomic E-state index is 12.1. The van der Waals surface area contributed by atoms with Crippen molar-refractivity contribution in [3.05, 3.63) is 38.7 Å². The molecule has 2 aromatic rings. The molecule has 1 amide bonds. The monoisotopic (exact) mass is 339 g/mol. The molecule has 2 N–H and O–H groups in total. The van der Waals surface area contributed by atoms with Crippen molar-refractivity contribution >= 4 is 28.8 Å². The third-order valence-electron chi connectivity index (χ3n) is 3.33. The van der Waals surface area contributed by atoms with E-state index in [1.165, 1.54) is 11.3 Å². The molecule has 0 bridgehead atoms. The number of ether oxygens (including phenoxy) is 1. The lowest BCUT2D eigenvalue weighted by atomic mass is 10.2. The summed E-state index contributed by atoms with van der Waals surface area (Å²) >= 11 is 7.21. The minimum atomic E-state index is -0.565. The van der Waals surface area contributed by atoms with Crippen molar-refractivity contribution < 1.29 is 9.53 Å². The highest BCUT2D eigenvalue weighted by atomic mass is 35.5. The first-order valence-corrected chi connectivity index (χ1v) is 8.08. The molecule has 1 aliphatic rings. The molecule has 1 fully saturated rings. The van der Waals surface area contributed by atoms with Gasteiger partial charge in [-0.15, -0.1) is 11.3 Å². The fourth-order valence-electron chi connectivity index (χ4n) is 2.27. The summed E-state index contributed by atoms with van der Waals surface area (Å²) in [5, 5.41) is 2.75. The lowest BCUT2D eigenvalue weighted by Gasteiger charge is -2.10. The molecule has 116 valence electrons. The van der Waals surface area contributed by atoms with E-state index in [2.05, 4.69) is 15.3 Å². The Morgan fingerprint density at radius 1 is 1.55 bits per heavy atom. The summed E-state index contributed by atoms with van der Waals surface area (Å²) in [6, 6.07) is 5.07. The molecule has 1 atom stereocenters. The van der Waals surface area contributed by atoms with Crippen LogP contribution in [0.25, 0.3) is 10.6 Å². The summed E-state index contributed by atoms with van der Waals surface area (Å²) in [6.07, 6.45) is 1.98. The second kappa shape index (κ2) is 6.60. The number of aromatic nitrogens is 2. The quantitative estimate of drug-likeness (QED) is 0.893. The van der Waals surface area contributed by atoms with Crippen LogP contribution in [0.2, 0.25) is 4.34 Å². The predicted molar refractivity (Wildman–Crippen MR) is 84.5 cm³/mol. The summed E-state index contributed by atoms with van der Waals surface area (Å²) in [7, 11) is 0. The summed E-state index contributed by atoms with van der Waals surface area (Å²) in [6.45, 7) is 1.15. The number of hydrogen-bond acceptors (Lipinski definition) is 5. The normalized spacial score (nSPS) is 17.6. The van der Waals surface area contributed by atoms with Gasteiger partial charge in [0.1, 0.15) is 5.69 Å². The van der Waals surface area contributed by atoms with Crippen molar-refractivity contribution in [2.45, 2.75) is 18.9 Å². The van der Waals surface area contributed by atoms with E-state index < -0.39 is 5.69 Å². The number of amides is 1. The molecule has 3 rings (SSSR count). The molecule has 3 heterocycles. The number of nitrogens with one attached hydrogen (secondary N) is 2. The molecule has 0 saturated carbocycles. The van der Waals surface area contributed by atoms with Gasteiger partial charge in [0.25, 0.3) is 5.91 Å². The third kappa shape index (κ3) is 3.55. The Morgan fingerprint density at radius 2 is 2.41 bits per heavy atom. The Hall–Kier alpha value is -1.70. The number of halogens is 1. The fraction of sp³-hybridized carbons (Fsp3) is 0.357. The summed E-state index contributed by atoms with van der Waals surface area (Å²) in [5.74, 6) is -0.384. The summed E-state index contributed by atoms with van der Waals surface area (Å²) in [5.41, 5.74) is 0.0460. The lowest BCUT2D eigenvalue weighted by molar-refractivity contribution is 0.0853. The molecule has 0 aliphatic carbocycles. The van der Waals surface area contributed by atoms with Crippen LogP contribution in [0.3, 0.4) is 0 Å². The van der Waals surface area contributed by atoms with Crippen LogP contribution in [0.4, 0.5) is 0 Å². The first-order valence-electron chi connectivity index (χ1n) is 6.89. The van der Waals surface area contributed by atoms with Crippen molar-refractivity contribution in [1.29, 1.82) is 0 Å². The van der Waals surface area contributed by atoms with Gasteiger partial charge in [-0.2, -0.15) is 4.98 Å². The number of rotatable bonds is 4. The number of hydrogen-bond donors (Lipinski definition) is 2. The predicted octanol–water partition coefficient (Wildman–Crippen LogP) is 2.06. The highest BCUT2D eigenvalue weighted by molar-refractivity contribution is 7.19. The number of carbonyl (C=O) groups is 1. The van der Waals surface area contributed by atoms with Crippen LogP contribution in [0.15, 0.2) is 23.0 Å². The van der Waals surface area contributed by atoms with Gasteiger partial charge in [-0.1, -0.05) is 11.6 Å². The molecule has 1 unspecified atom stereocenters. The molecule has 22 heavy (non-hydrogen) atoms. The van der Waals surface area contributed by atoms with Crippen molar-refractivity contribution in [3.63, 3.8) is 0 Å². The Morgan fingerprint density at radius 3 is 3.09 bits per heavy atom. The van der Waals surface area contributed by atoms with Crippen LogP contribution in [-0.4, -0.2) is 35.1 Å². The molecule has 0 aromatic carbocycles. The molecule has 8 heteroatoms. The van der Waals surface area contributed by atoms with Crippen molar-refractivity contribution in [3.8, 4) is 10.6 Å².